The standard InChI is InChI=1S/C18H24N2O2/c1-14(2)10-20-13-18(22)17(21)9-16(20)12-19(3)11-15-7-5-4-6-8-15/h4-9,13-14,22H,10-12H2,1-3H3. The number of hydrogen-bond acceptors (Lipinski definition) is 3. The Morgan fingerprint density at radius 1 is 1.18 bits per heavy atom. The SMILES string of the molecule is CC(C)Cn1cc(O)c(=O)cc1CN(C)Cc1ccccc1. The molecule has 0 bridgehead atoms. The van der Waals surface area contributed by atoms with E-state index in [4.69, 9.17) is 0 Å². The predicted octanol–water partition coefficient (Wildman–Crippen LogP) is 2.84. The number of nitrogens with zero attached hydrogens (tertiary/aromatic N) is 2. The summed E-state index contributed by atoms with van der Waals surface area (Å²) in [6.07, 6.45) is 1.55. The van der Waals surface area contributed by atoms with Gasteiger partial charge in [0.15, 0.2) is 5.75 Å². The van der Waals surface area contributed by atoms with Crippen LogP contribution in [0, 0.1) is 5.92 Å². The zero-order valence-electron chi connectivity index (χ0n) is 13.5. The molecular formula is C18H24N2O2. The van der Waals surface area contributed by atoms with Gasteiger partial charge in [-0.1, -0.05) is 44.2 Å². The highest BCUT2D eigenvalue weighted by Gasteiger charge is 2.10. The first-order chi connectivity index (χ1) is 10.5. The van der Waals surface area contributed by atoms with Crippen molar-refractivity contribution in [3.8, 4) is 5.75 Å². The van der Waals surface area contributed by atoms with Gasteiger partial charge in [-0.25, -0.2) is 0 Å². The monoisotopic (exact) mass is 300 g/mol. The number of rotatable bonds is 6. The van der Waals surface area contributed by atoms with Gasteiger partial charge in [-0.05, 0) is 18.5 Å². The van der Waals surface area contributed by atoms with Crippen LogP contribution < -0.4 is 5.43 Å². The third-order valence-corrected chi connectivity index (χ3v) is 3.49. The van der Waals surface area contributed by atoms with Gasteiger partial charge in [0.2, 0.25) is 5.43 Å². The molecule has 0 atom stereocenters. The van der Waals surface area contributed by atoms with E-state index in [2.05, 4.69) is 30.9 Å². The van der Waals surface area contributed by atoms with E-state index in [1.165, 1.54) is 5.56 Å². The first-order valence-corrected chi connectivity index (χ1v) is 7.60. The Bertz CT molecular complexity index is 663. The summed E-state index contributed by atoms with van der Waals surface area (Å²) in [7, 11) is 2.03. The molecule has 2 rings (SSSR count). The molecule has 0 aliphatic rings. The van der Waals surface area contributed by atoms with Crippen LogP contribution in [-0.2, 0) is 19.6 Å². The summed E-state index contributed by atoms with van der Waals surface area (Å²) < 4.78 is 1.98. The van der Waals surface area contributed by atoms with E-state index in [0.29, 0.717) is 12.5 Å². The van der Waals surface area contributed by atoms with Gasteiger partial charge < -0.3 is 9.67 Å². The zero-order chi connectivity index (χ0) is 16.1. The Labute approximate surface area is 131 Å². The summed E-state index contributed by atoms with van der Waals surface area (Å²) in [5.74, 6) is 0.259. The van der Waals surface area contributed by atoms with E-state index < -0.39 is 0 Å². The third-order valence-electron chi connectivity index (χ3n) is 3.49. The maximum absolute atomic E-state index is 11.7. The molecule has 4 heteroatoms. The zero-order valence-corrected chi connectivity index (χ0v) is 13.5. The molecule has 1 heterocycles. The molecule has 2 aromatic rings. The fraction of sp³-hybridized carbons (Fsp3) is 0.389. The Morgan fingerprint density at radius 2 is 1.86 bits per heavy atom. The summed E-state index contributed by atoms with van der Waals surface area (Å²) in [4.78, 5) is 13.9. The van der Waals surface area contributed by atoms with Crippen LogP contribution in [0.1, 0.15) is 25.1 Å². The minimum absolute atomic E-state index is 0.185. The Balaban J connectivity index is 2.17. The van der Waals surface area contributed by atoms with Crippen molar-refractivity contribution in [2.75, 3.05) is 7.05 Å². The first-order valence-electron chi connectivity index (χ1n) is 7.60. The lowest BCUT2D eigenvalue weighted by Crippen LogP contribution is -2.23. The van der Waals surface area contributed by atoms with Gasteiger partial charge in [-0.3, -0.25) is 9.69 Å². The molecule has 1 N–H and O–H groups in total. The van der Waals surface area contributed by atoms with E-state index >= 15 is 0 Å². The summed E-state index contributed by atoms with van der Waals surface area (Å²) >= 11 is 0. The summed E-state index contributed by atoms with van der Waals surface area (Å²) in [6, 6.07) is 11.8. The Kier molecular flexibility index (Phi) is 5.39. The minimum Gasteiger partial charge on any atom is -0.503 e. The fourth-order valence-corrected chi connectivity index (χ4v) is 2.53. The van der Waals surface area contributed by atoms with Gasteiger partial charge in [0.25, 0.3) is 0 Å². The third kappa shape index (κ3) is 4.46. The van der Waals surface area contributed by atoms with Gasteiger partial charge in [0, 0.05) is 31.4 Å². The highest BCUT2D eigenvalue weighted by molar-refractivity contribution is 5.21. The van der Waals surface area contributed by atoms with Gasteiger partial charge in [0.05, 0.1) is 6.20 Å². The molecule has 0 radical (unpaired) electrons. The minimum atomic E-state index is -0.317. The molecule has 0 amide bonds. The fourth-order valence-electron chi connectivity index (χ4n) is 2.53. The average Bonchev–Trinajstić information content (AvgIpc) is 2.44. The Morgan fingerprint density at radius 3 is 2.50 bits per heavy atom. The van der Waals surface area contributed by atoms with Gasteiger partial charge in [-0.15, -0.1) is 0 Å². The number of benzene rings is 1. The van der Waals surface area contributed by atoms with Crippen LogP contribution in [0.2, 0.25) is 0 Å². The second-order valence-electron chi connectivity index (χ2n) is 6.22. The van der Waals surface area contributed by atoms with Crippen LogP contribution in [0.4, 0.5) is 0 Å². The van der Waals surface area contributed by atoms with Crippen molar-refractivity contribution in [1.29, 1.82) is 0 Å². The molecule has 0 aliphatic carbocycles. The maximum Gasteiger partial charge on any atom is 0.223 e. The van der Waals surface area contributed by atoms with E-state index in [0.717, 1.165) is 18.8 Å². The second kappa shape index (κ2) is 7.27. The lowest BCUT2D eigenvalue weighted by atomic mass is 10.2. The summed E-state index contributed by atoms with van der Waals surface area (Å²) in [5.41, 5.74) is 1.85. The maximum atomic E-state index is 11.7. The molecule has 0 fully saturated rings. The highest BCUT2D eigenvalue weighted by atomic mass is 16.3. The van der Waals surface area contributed by atoms with Crippen molar-refractivity contribution in [3.63, 3.8) is 0 Å². The van der Waals surface area contributed by atoms with Crippen molar-refractivity contribution in [3.05, 3.63) is 64.1 Å². The number of pyridine rings is 1. The van der Waals surface area contributed by atoms with E-state index in [9.17, 15) is 9.90 Å². The summed E-state index contributed by atoms with van der Waals surface area (Å²) in [6.45, 7) is 6.50. The molecule has 0 spiro atoms. The van der Waals surface area contributed by atoms with Crippen LogP contribution in [0.3, 0.4) is 0 Å². The van der Waals surface area contributed by atoms with Crippen molar-refractivity contribution in [2.45, 2.75) is 33.5 Å². The van der Waals surface area contributed by atoms with E-state index in [-0.39, 0.29) is 11.2 Å². The number of aromatic nitrogens is 1. The van der Waals surface area contributed by atoms with Crippen LogP contribution in [0.5, 0.6) is 5.75 Å². The lowest BCUT2D eigenvalue weighted by Gasteiger charge is -2.21. The van der Waals surface area contributed by atoms with Crippen molar-refractivity contribution < 1.29 is 5.11 Å². The van der Waals surface area contributed by atoms with Crippen molar-refractivity contribution in [1.82, 2.24) is 9.47 Å². The smallest absolute Gasteiger partial charge is 0.223 e. The predicted molar refractivity (Wildman–Crippen MR) is 88.8 cm³/mol. The molecule has 0 saturated heterocycles. The topological polar surface area (TPSA) is 45.5 Å². The van der Waals surface area contributed by atoms with E-state index in [1.54, 1.807) is 12.3 Å². The molecular weight excluding hydrogens is 276 g/mol. The molecule has 1 aromatic carbocycles. The molecule has 0 saturated carbocycles. The molecule has 0 unspecified atom stereocenters. The van der Waals surface area contributed by atoms with Gasteiger partial charge >= 0.3 is 0 Å². The summed E-state index contributed by atoms with van der Waals surface area (Å²) in [5, 5.41) is 9.66. The van der Waals surface area contributed by atoms with Crippen LogP contribution in [-0.4, -0.2) is 21.6 Å². The number of hydrogen-bond donors (Lipinski definition) is 1. The normalized spacial score (nSPS) is 11.3. The Hall–Kier alpha value is -2.07. The van der Waals surface area contributed by atoms with Crippen LogP contribution in [0.15, 0.2) is 47.4 Å². The van der Waals surface area contributed by atoms with Gasteiger partial charge in [0.1, 0.15) is 0 Å². The molecule has 4 nitrogen and oxygen atoms in total. The van der Waals surface area contributed by atoms with E-state index in [1.807, 2.05) is 29.8 Å². The van der Waals surface area contributed by atoms with Gasteiger partial charge in [-0.2, -0.15) is 0 Å². The van der Waals surface area contributed by atoms with Crippen molar-refractivity contribution in [2.24, 2.45) is 5.92 Å². The lowest BCUT2D eigenvalue weighted by molar-refractivity contribution is 0.304. The molecule has 1 aromatic heterocycles. The van der Waals surface area contributed by atoms with Crippen LogP contribution in [0.25, 0.3) is 0 Å². The molecule has 0 aliphatic heterocycles. The quantitative estimate of drug-likeness (QED) is 0.892. The average molecular weight is 300 g/mol. The largest absolute Gasteiger partial charge is 0.503 e. The van der Waals surface area contributed by atoms with Crippen molar-refractivity contribution >= 4 is 0 Å². The molecule has 118 valence electrons. The second-order valence-corrected chi connectivity index (χ2v) is 6.22. The highest BCUT2D eigenvalue weighted by Crippen LogP contribution is 2.12. The molecule has 22 heavy (non-hydrogen) atoms. The first kappa shape index (κ1) is 16.3. The van der Waals surface area contributed by atoms with Crippen LogP contribution >= 0.6 is 0 Å². The number of aromatic hydroxyl groups is 1.